The van der Waals surface area contributed by atoms with Crippen molar-refractivity contribution in [2.45, 2.75) is 26.4 Å². The molecule has 1 rings (SSSR count). The molecule has 0 radical (unpaired) electrons. The number of nitrogens with one attached hydrogen (secondary N) is 1. The molecule has 5 nitrogen and oxygen atoms in total. The van der Waals surface area contributed by atoms with Crippen molar-refractivity contribution in [1.82, 2.24) is 14.5 Å². The van der Waals surface area contributed by atoms with Crippen LogP contribution in [0.1, 0.15) is 13.3 Å². The van der Waals surface area contributed by atoms with Crippen LogP contribution < -0.4 is 11.0 Å². The van der Waals surface area contributed by atoms with Gasteiger partial charge in [0, 0.05) is 26.0 Å². The first-order valence-electron chi connectivity index (χ1n) is 4.65. The van der Waals surface area contributed by atoms with Crippen LogP contribution in [0.15, 0.2) is 17.2 Å². The van der Waals surface area contributed by atoms with Gasteiger partial charge in [-0.1, -0.05) is 6.92 Å². The largest absolute Gasteiger partial charge is 0.358 e. The highest BCUT2D eigenvalue weighted by atomic mass is 16.2. The van der Waals surface area contributed by atoms with Crippen LogP contribution in [0.2, 0.25) is 0 Å². The molecule has 0 saturated heterocycles. The van der Waals surface area contributed by atoms with Crippen molar-refractivity contribution in [3.8, 4) is 0 Å². The van der Waals surface area contributed by atoms with E-state index in [0.29, 0.717) is 6.54 Å². The van der Waals surface area contributed by atoms with Crippen LogP contribution >= 0.6 is 0 Å². The van der Waals surface area contributed by atoms with Gasteiger partial charge >= 0.3 is 5.69 Å². The molecule has 0 aliphatic carbocycles. The predicted octanol–water partition coefficient (Wildman–Crippen LogP) is -0.194. The fourth-order valence-corrected chi connectivity index (χ4v) is 1.22. The lowest BCUT2D eigenvalue weighted by Crippen LogP contribution is -2.31. The Labute approximate surface area is 82.3 Å². The summed E-state index contributed by atoms with van der Waals surface area (Å²) in [5, 5.41) is 2.47. The molecule has 0 aliphatic heterocycles. The van der Waals surface area contributed by atoms with Gasteiger partial charge in [-0.3, -0.25) is 13.9 Å². The Morgan fingerprint density at radius 3 is 2.64 bits per heavy atom. The molecule has 0 aliphatic rings. The smallest absolute Gasteiger partial charge is 0.328 e. The molecule has 0 fully saturated rings. The number of aryl methyl sites for hydroxylation is 1. The summed E-state index contributed by atoms with van der Waals surface area (Å²) in [6, 6.07) is 0. The van der Waals surface area contributed by atoms with Crippen molar-refractivity contribution in [3.63, 3.8) is 0 Å². The number of nitrogens with zero attached hydrogens (tertiary/aromatic N) is 2. The van der Waals surface area contributed by atoms with Crippen molar-refractivity contribution in [3.05, 3.63) is 22.9 Å². The van der Waals surface area contributed by atoms with Crippen LogP contribution in [0.25, 0.3) is 0 Å². The van der Waals surface area contributed by atoms with E-state index in [2.05, 4.69) is 5.32 Å². The lowest BCUT2D eigenvalue weighted by molar-refractivity contribution is -0.121. The van der Waals surface area contributed by atoms with Crippen LogP contribution in [0.5, 0.6) is 0 Å². The van der Waals surface area contributed by atoms with E-state index in [0.717, 1.165) is 6.42 Å². The van der Waals surface area contributed by atoms with Crippen LogP contribution in [0, 0.1) is 0 Å². The fourth-order valence-electron chi connectivity index (χ4n) is 1.22. The minimum atomic E-state index is -0.165. The molecular weight excluding hydrogens is 182 g/mol. The molecule has 78 valence electrons. The average Bonchev–Trinajstić information content (AvgIpc) is 2.50. The van der Waals surface area contributed by atoms with Crippen LogP contribution in [-0.4, -0.2) is 22.1 Å². The van der Waals surface area contributed by atoms with E-state index in [-0.39, 0.29) is 18.1 Å². The first kappa shape index (κ1) is 10.6. The highest BCUT2D eigenvalue weighted by Gasteiger charge is 2.05. The zero-order valence-corrected chi connectivity index (χ0v) is 8.49. The molecule has 1 N–H and O–H groups in total. The van der Waals surface area contributed by atoms with Gasteiger partial charge < -0.3 is 5.32 Å². The maximum atomic E-state index is 11.6. The number of carbonyl (C=O) groups excluding carboxylic acids is 1. The molecule has 0 bridgehead atoms. The quantitative estimate of drug-likeness (QED) is 0.727. The Balaban J connectivity index is 2.79. The molecule has 1 amide bonds. The van der Waals surface area contributed by atoms with E-state index >= 15 is 0 Å². The van der Waals surface area contributed by atoms with Gasteiger partial charge in [-0.2, -0.15) is 0 Å². The minimum absolute atomic E-state index is 0.0893. The van der Waals surface area contributed by atoms with Gasteiger partial charge in [0.25, 0.3) is 0 Å². The molecule has 0 atom stereocenters. The van der Waals surface area contributed by atoms with E-state index in [1.165, 1.54) is 4.57 Å². The van der Waals surface area contributed by atoms with Gasteiger partial charge in [-0.05, 0) is 6.42 Å². The number of likely N-dealkylation sites (N-methyl/N-ethyl adjacent to an activating group) is 1. The molecule has 0 spiro atoms. The Hall–Kier alpha value is -1.52. The number of hydrogen-bond acceptors (Lipinski definition) is 2. The maximum Gasteiger partial charge on any atom is 0.328 e. The summed E-state index contributed by atoms with van der Waals surface area (Å²) < 4.78 is 3.00. The van der Waals surface area contributed by atoms with Crippen molar-refractivity contribution in [1.29, 1.82) is 0 Å². The van der Waals surface area contributed by atoms with Gasteiger partial charge in [-0.15, -0.1) is 0 Å². The monoisotopic (exact) mass is 197 g/mol. The molecule has 14 heavy (non-hydrogen) atoms. The second-order valence-corrected chi connectivity index (χ2v) is 3.08. The summed E-state index contributed by atoms with van der Waals surface area (Å²) in [5.74, 6) is -0.165. The summed E-state index contributed by atoms with van der Waals surface area (Å²) in [4.78, 5) is 22.6. The highest BCUT2D eigenvalue weighted by Crippen LogP contribution is 1.88. The topological polar surface area (TPSA) is 56.0 Å². The number of hydrogen-bond donors (Lipinski definition) is 1. The molecule has 1 aromatic heterocycles. The van der Waals surface area contributed by atoms with E-state index in [4.69, 9.17) is 0 Å². The number of imidazole rings is 1. The summed E-state index contributed by atoms with van der Waals surface area (Å²) in [7, 11) is 1.55. The Bertz CT molecular complexity index is 364. The molecule has 0 aromatic carbocycles. The standard InChI is InChI=1S/C9H15N3O2/c1-3-4-11-5-6-12(9(11)14)7-8(13)10-2/h5-6H,3-4,7H2,1-2H3,(H,10,13). The second-order valence-electron chi connectivity index (χ2n) is 3.08. The lowest BCUT2D eigenvalue weighted by atomic mass is 10.5. The number of carbonyl (C=O) groups is 1. The molecule has 1 aromatic rings. The predicted molar refractivity (Wildman–Crippen MR) is 53.0 cm³/mol. The fraction of sp³-hybridized carbons (Fsp3) is 0.556. The Morgan fingerprint density at radius 2 is 2.07 bits per heavy atom. The zero-order valence-electron chi connectivity index (χ0n) is 8.49. The first-order valence-corrected chi connectivity index (χ1v) is 4.65. The summed E-state index contributed by atoms with van der Waals surface area (Å²) in [5.41, 5.74) is -0.129. The van der Waals surface area contributed by atoms with Gasteiger partial charge in [0.1, 0.15) is 6.54 Å². The van der Waals surface area contributed by atoms with Gasteiger partial charge in [0.15, 0.2) is 0 Å². The number of rotatable bonds is 4. The third-order valence-electron chi connectivity index (χ3n) is 1.98. The van der Waals surface area contributed by atoms with Crippen molar-refractivity contribution in [2.75, 3.05) is 7.05 Å². The maximum absolute atomic E-state index is 11.6. The van der Waals surface area contributed by atoms with E-state index < -0.39 is 0 Å². The van der Waals surface area contributed by atoms with E-state index in [9.17, 15) is 9.59 Å². The molecule has 5 heteroatoms. The van der Waals surface area contributed by atoms with Crippen LogP contribution in [0.3, 0.4) is 0 Å². The van der Waals surface area contributed by atoms with Gasteiger partial charge in [-0.25, -0.2) is 4.79 Å². The molecule has 0 saturated carbocycles. The van der Waals surface area contributed by atoms with Crippen molar-refractivity contribution in [2.24, 2.45) is 0 Å². The number of amides is 1. The molecular formula is C9H15N3O2. The zero-order chi connectivity index (χ0) is 10.6. The van der Waals surface area contributed by atoms with Gasteiger partial charge in [0.2, 0.25) is 5.91 Å². The van der Waals surface area contributed by atoms with E-state index in [1.54, 1.807) is 24.0 Å². The summed E-state index contributed by atoms with van der Waals surface area (Å²) in [6.45, 7) is 2.79. The highest BCUT2D eigenvalue weighted by molar-refractivity contribution is 5.75. The Kier molecular flexibility index (Phi) is 3.50. The third-order valence-corrected chi connectivity index (χ3v) is 1.98. The van der Waals surface area contributed by atoms with Gasteiger partial charge in [0.05, 0.1) is 0 Å². The average molecular weight is 197 g/mol. The Morgan fingerprint density at radius 1 is 1.43 bits per heavy atom. The SMILES string of the molecule is CCCn1ccn(CC(=O)NC)c1=O. The minimum Gasteiger partial charge on any atom is -0.358 e. The van der Waals surface area contributed by atoms with Crippen LogP contribution in [-0.2, 0) is 17.9 Å². The number of aromatic nitrogens is 2. The van der Waals surface area contributed by atoms with E-state index in [1.807, 2.05) is 6.92 Å². The van der Waals surface area contributed by atoms with Crippen molar-refractivity contribution < 1.29 is 4.79 Å². The lowest BCUT2D eigenvalue weighted by Gasteiger charge is -1.99. The normalized spacial score (nSPS) is 10.1. The molecule has 1 heterocycles. The third kappa shape index (κ3) is 2.25. The summed E-state index contributed by atoms with van der Waals surface area (Å²) >= 11 is 0. The molecule has 0 unspecified atom stereocenters. The first-order chi connectivity index (χ1) is 6.69. The van der Waals surface area contributed by atoms with Crippen LogP contribution in [0.4, 0.5) is 0 Å². The second kappa shape index (κ2) is 4.64. The van der Waals surface area contributed by atoms with Crippen molar-refractivity contribution >= 4 is 5.91 Å². The summed E-state index contributed by atoms with van der Waals surface area (Å²) in [6.07, 6.45) is 4.24.